The number of amides is 1. The fourth-order valence-corrected chi connectivity index (χ4v) is 3.78. The molecule has 7 nitrogen and oxygen atoms in total. The molecule has 0 fully saturated rings. The summed E-state index contributed by atoms with van der Waals surface area (Å²) in [6.45, 7) is 1.88. The molecule has 0 spiro atoms. The first-order valence-corrected chi connectivity index (χ1v) is 10.5. The van der Waals surface area contributed by atoms with Crippen molar-refractivity contribution in [2.75, 3.05) is 24.3 Å². The van der Waals surface area contributed by atoms with Crippen LogP contribution in [0.1, 0.15) is 15.9 Å². The third kappa shape index (κ3) is 4.90. The van der Waals surface area contributed by atoms with Gasteiger partial charge in [-0.2, -0.15) is 0 Å². The van der Waals surface area contributed by atoms with Gasteiger partial charge in [0.2, 0.25) is 0 Å². The van der Waals surface area contributed by atoms with Crippen molar-refractivity contribution < 1.29 is 22.7 Å². The fraction of sp³-hybridized carbons (Fsp3) is 0.136. The number of hydrogen-bond donors (Lipinski definition) is 2. The number of aryl methyl sites for hydroxylation is 1. The van der Waals surface area contributed by atoms with Gasteiger partial charge < -0.3 is 14.8 Å². The quantitative estimate of drug-likeness (QED) is 0.594. The summed E-state index contributed by atoms with van der Waals surface area (Å²) < 4.78 is 38.1. The molecular weight excluding hydrogens is 404 g/mol. The molecule has 3 rings (SSSR count). The third-order valence-corrected chi connectivity index (χ3v) is 5.78. The van der Waals surface area contributed by atoms with Crippen LogP contribution in [-0.2, 0) is 10.0 Å². The Labute approximate surface area is 175 Å². The summed E-state index contributed by atoms with van der Waals surface area (Å²) in [5.74, 6) is 0.638. The van der Waals surface area contributed by atoms with Crippen LogP contribution >= 0.6 is 0 Å². The van der Waals surface area contributed by atoms with E-state index in [1.54, 1.807) is 67.8 Å². The van der Waals surface area contributed by atoms with Crippen LogP contribution in [0.5, 0.6) is 11.5 Å². The van der Waals surface area contributed by atoms with E-state index in [9.17, 15) is 13.2 Å². The zero-order valence-corrected chi connectivity index (χ0v) is 17.6. The number of methoxy groups -OCH3 is 2. The van der Waals surface area contributed by atoms with Gasteiger partial charge in [-0.15, -0.1) is 0 Å². The monoisotopic (exact) mass is 426 g/mol. The van der Waals surface area contributed by atoms with E-state index >= 15 is 0 Å². The first-order valence-electron chi connectivity index (χ1n) is 9.05. The van der Waals surface area contributed by atoms with Crippen LogP contribution in [0.25, 0.3) is 0 Å². The van der Waals surface area contributed by atoms with Crippen molar-refractivity contribution in [2.45, 2.75) is 11.8 Å². The molecule has 1 amide bonds. The minimum Gasteiger partial charge on any atom is -0.497 e. The highest BCUT2D eigenvalue weighted by molar-refractivity contribution is 7.92. The van der Waals surface area contributed by atoms with Crippen LogP contribution < -0.4 is 19.5 Å². The fourth-order valence-electron chi connectivity index (χ4n) is 2.73. The molecule has 0 aliphatic carbocycles. The SMILES string of the molecule is COc1ccc(C(=O)Nc2ccc(NS(=O)(=O)c3ccc(C)cc3)cc2OC)cc1. The van der Waals surface area contributed by atoms with Crippen molar-refractivity contribution in [3.05, 3.63) is 77.9 Å². The normalized spacial score (nSPS) is 10.9. The Bertz CT molecular complexity index is 1140. The zero-order chi connectivity index (χ0) is 21.7. The van der Waals surface area contributed by atoms with E-state index in [-0.39, 0.29) is 10.8 Å². The van der Waals surface area contributed by atoms with Crippen LogP contribution in [0, 0.1) is 6.92 Å². The van der Waals surface area contributed by atoms with E-state index in [0.29, 0.717) is 28.4 Å². The molecule has 30 heavy (non-hydrogen) atoms. The first kappa shape index (κ1) is 21.2. The summed E-state index contributed by atoms with van der Waals surface area (Å²) in [5.41, 5.74) is 2.14. The molecule has 0 saturated heterocycles. The Morgan fingerprint density at radius 2 is 1.53 bits per heavy atom. The van der Waals surface area contributed by atoms with Crippen LogP contribution in [-0.4, -0.2) is 28.5 Å². The van der Waals surface area contributed by atoms with Crippen LogP contribution in [0.2, 0.25) is 0 Å². The van der Waals surface area contributed by atoms with Crippen molar-refractivity contribution >= 4 is 27.3 Å². The maximum absolute atomic E-state index is 12.6. The second kappa shape index (κ2) is 8.87. The van der Waals surface area contributed by atoms with Gasteiger partial charge in [0.05, 0.1) is 30.5 Å². The number of rotatable bonds is 7. The Balaban J connectivity index is 1.78. The molecule has 0 atom stereocenters. The Hall–Kier alpha value is -3.52. The maximum atomic E-state index is 12.6. The lowest BCUT2D eigenvalue weighted by Gasteiger charge is -2.14. The molecule has 8 heteroatoms. The lowest BCUT2D eigenvalue weighted by atomic mass is 10.2. The number of hydrogen-bond acceptors (Lipinski definition) is 5. The lowest BCUT2D eigenvalue weighted by Crippen LogP contribution is -2.14. The minimum atomic E-state index is -3.75. The van der Waals surface area contributed by atoms with Crippen LogP contribution in [0.3, 0.4) is 0 Å². The number of nitrogens with one attached hydrogen (secondary N) is 2. The standard InChI is InChI=1S/C22H22N2O5S/c1-15-4-11-19(12-5-15)30(26,27)24-17-8-13-20(21(14-17)29-3)23-22(25)16-6-9-18(28-2)10-7-16/h4-14,24H,1-3H3,(H,23,25). The smallest absolute Gasteiger partial charge is 0.261 e. The average Bonchev–Trinajstić information content (AvgIpc) is 2.74. The number of sulfonamides is 1. The highest BCUT2D eigenvalue weighted by atomic mass is 32.2. The summed E-state index contributed by atoms with van der Waals surface area (Å²) in [4.78, 5) is 12.6. The molecular formula is C22H22N2O5S. The minimum absolute atomic E-state index is 0.156. The molecule has 0 aliphatic heterocycles. The highest BCUT2D eigenvalue weighted by Crippen LogP contribution is 2.30. The van der Waals surface area contributed by atoms with Crippen molar-refractivity contribution in [3.63, 3.8) is 0 Å². The molecule has 0 saturated carbocycles. The van der Waals surface area contributed by atoms with E-state index in [1.165, 1.54) is 13.2 Å². The number of benzene rings is 3. The number of anilines is 2. The van der Waals surface area contributed by atoms with Gasteiger partial charge in [0.15, 0.2) is 0 Å². The largest absolute Gasteiger partial charge is 0.497 e. The summed E-state index contributed by atoms with van der Waals surface area (Å²) >= 11 is 0. The third-order valence-electron chi connectivity index (χ3n) is 4.39. The number of carbonyl (C=O) groups is 1. The van der Waals surface area contributed by atoms with Crippen molar-refractivity contribution in [3.8, 4) is 11.5 Å². The highest BCUT2D eigenvalue weighted by Gasteiger charge is 2.16. The molecule has 0 bridgehead atoms. The molecule has 0 aromatic heterocycles. The van der Waals surface area contributed by atoms with Gasteiger partial charge >= 0.3 is 0 Å². The van der Waals surface area contributed by atoms with E-state index < -0.39 is 10.0 Å². The molecule has 0 heterocycles. The van der Waals surface area contributed by atoms with Crippen molar-refractivity contribution in [1.82, 2.24) is 0 Å². The Morgan fingerprint density at radius 1 is 0.867 bits per heavy atom. The molecule has 0 radical (unpaired) electrons. The van der Waals surface area contributed by atoms with Gasteiger partial charge in [0.1, 0.15) is 11.5 Å². The summed E-state index contributed by atoms with van der Waals surface area (Å²) in [5, 5.41) is 2.76. The van der Waals surface area contributed by atoms with Gasteiger partial charge in [-0.25, -0.2) is 8.42 Å². The summed E-state index contributed by atoms with van der Waals surface area (Å²) in [6.07, 6.45) is 0. The number of carbonyl (C=O) groups excluding carboxylic acids is 1. The van der Waals surface area contributed by atoms with E-state index in [2.05, 4.69) is 10.0 Å². The molecule has 0 aliphatic rings. The maximum Gasteiger partial charge on any atom is 0.261 e. The van der Waals surface area contributed by atoms with Crippen LogP contribution in [0.4, 0.5) is 11.4 Å². The summed E-state index contributed by atoms with van der Waals surface area (Å²) in [7, 11) is -0.754. The zero-order valence-electron chi connectivity index (χ0n) is 16.8. The van der Waals surface area contributed by atoms with Crippen molar-refractivity contribution in [1.29, 1.82) is 0 Å². The predicted octanol–water partition coefficient (Wildman–Crippen LogP) is 4.07. The van der Waals surface area contributed by atoms with Crippen molar-refractivity contribution in [2.24, 2.45) is 0 Å². The first-order chi connectivity index (χ1) is 14.3. The second-order valence-corrected chi connectivity index (χ2v) is 8.20. The Kier molecular flexibility index (Phi) is 6.27. The topological polar surface area (TPSA) is 93.7 Å². The molecule has 3 aromatic carbocycles. The molecule has 2 N–H and O–H groups in total. The Morgan fingerprint density at radius 3 is 2.13 bits per heavy atom. The van der Waals surface area contributed by atoms with E-state index in [1.807, 2.05) is 6.92 Å². The van der Waals surface area contributed by atoms with E-state index in [0.717, 1.165) is 5.56 Å². The molecule has 0 unspecified atom stereocenters. The molecule has 156 valence electrons. The van der Waals surface area contributed by atoms with Gasteiger partial charge in [0.25, 0.3) is 15.9 Å². The predicted molar refractivity (Wildman–Crippen MR) is 116 cm³/mol. The van der Waals surface area contributed by atoms with Crippen LogP contribution in [0.15, 0.2) is 71.6 Å². The average molecular weight is 426 g/mol. The molecule has 3 aromatic rings. The number of ether oxygens (including phenoxy) is 2. The van der Waals surface area contributed by atoms with Gasteiger partial charge in [-0.05, 0) is 55.5 Å². The second-order valence-electron chi connectivity index (χ2n) is 6.52. The van der Waals surface area contributed by atoms with Gasteiger partial charge in [-0.3, -0.25) is 9.52 Å². The lowest BCUT2D eigenvalue weighted by molar-refractivity contribution is 0.102. The van der Waals surface area contributed by atoms with E-state index in [4.69, 9.17) is 9.47 Å². The summed E-state index contributed by atoms with van der Waals surface area (Å²) in [6, 6.07) is 17.8. The van der Waals surface area contributed by atoms with Gasteiger partial charge in [0, 0.05) is 11.6 Å². The van der Waals surface area contributed by atoms with Gasteiger partial charge in [-0.1, -0.05) is 17.7 Å².